The van der Waals surface area contributed by atoms with Crippen LogP contribution in [0, 0.1) is 12.7 Å². The average Bonchev–Trinajstić information content (AvgIpc) is 2.31. The summed E-state index contributed by atoms with van der Waals surface area (Å²) in [6.45, 7) is 3.54. The summed E-state index contributed by atoms with van der Waals surface area (Å²) in [5, 5.41) is 11.3. The molecule has 104 valence electrons. The lowest BCUT2D eigenvalue weighted by atomic mass is 10.1. The first-order chi connectivity index (χ1) is 8.90. The lowest BCUT2D eigenvalue weighted by Crippen LogP contribution is -2.33. The lowest BCUT2D eigenvalue weighted by molar-refractivity contribution is -0.137. The quantitative estimate of drug-likeness (QED) is 0.832. The third-order valence-electron chi connectivity index (χ3n) is 2.85. The van der Waals surface area contributed by atoms with Gasteiger partial charge in [-0.2, -0.15) is 0 Å². The van der Waals surface area contributed by atoms with E-state index in [2.05, 4.69) is 5.32 Å². The van der Waals surface area contributed by atoms with Crippen molar-refractivity contribution >= 4 is 11.9 Å². The van der Waals surface area contributed by atoms with Gasteiger partial charge in [-0.25, -0.2) is 4.39 Å². The Morgan fingerprint density at radius 2 is 2.11 bits per heavy atom. The number of aryl methyl sites for hydroxylation is 1. The number of carboxylic acids is 1. The third kappa shape index (κ3) is 5.07. The zero-order valence-corrected chi connectivity index (χ0v) is 11.1. The Labute approximate surface area is 111 Å². The summed E-state index contributed by atoms with van der Waals surface area (Å²) in [4.78, 5) is 22.3. The Morgan fingerprint density at radius 1 is 1.42 bits per heavy atom. The number of amides is 1. The van der Waals surface area contributed by atoms with Crippen LogP contribution in [0.15, 0.2) is 18.2 Å². The molecule has 1 rings (SSSR count). The second-order valence-electron chi connectivity index (χ2n) is 4.62. The fraction of sp³-hybridized carbons (Fsp3) is 0.429. The second-order valence-corrected chi connectivity index (χ2v) is 4.62. The van der Waals surface area contributed by atoms with Crippen LogP contribution in [0.2, 0.25) is 0 Å². The Hall–Kier alpha value is -1.91. The smallest absolute Gasteiger partial charge is 0.303 e. The van der Waals surface area contributed by atoms with Crippen molar-refractivity contribution in [3.05, 3.63) is 35.1 Å². The number of aliphatic carboxylic acids is 1. The summed E-state index contributed by atoms with van der Waals surface area (Å²) < 4.78 is 13.1. The topological polar surface area (TPSA) is 66.4 Å². The molecule has 0 aliphatic carbocycles. The summed E-state index contributed by atoms with van der Waals surface area (Å²) in [5.41, 5.74) is 1.02. The van der Waals surface area contributed by atoms with Crippen molar-refractivity contribution in [3.8, 4) is 0 Å². The van der Waals surface area contributed by atoms with Crippen LogP contribution in [0.5, 0.6) is 0 Å². The number of rotatable bonds is 6. The highest BCUT2D eigenvalue weighted by atomic mass is 19.1. The van der Waals surface area contributed by atoms with E-state index in [0.29, 0.717) is 24.0 Å². The van der Waals surface area contributed by atoms with Gasteiger partial charge in [0.2, 0.25) is 0 Å². The van der Waals surface area contributed by atoms with Gasteiger partial charge >= 0.3 is 5.97 Å². The van der Waals surface area contributed by atoms with Crippen molar-refractivity contribution in [3.63, 3.8) is 0 Å². The van der Waals surface area contributed by atoms with Gasteiger partial charge in [0.25, 0.3) is 5.91 Å². The zero-order valence-electron chi connectivity index (χ0n) is 11.1. The molecule has 1 aromatic rings. The summed E-state index contributed by atoms with van der Waals surface area (Å²) in [6.07, 6.45) is 1.16. The fourth-order valence-electron chi connectivity index (χ4n) is 1.77. The molecule has 0 aliphatic rings. The van der Waals surface area contributed by atoms with Gasteiger partial charge in [0.15, 0.2) is 0 Å². The van der Waals surface area contributed by atoms with Crippen LogP contribution < -0.4 is 5.32 Å². The SMILES string of the molecule is Cc1ccc(F)cc1C(=O)NC(C)CCCC(=O)O. The molecule has 0 aromatic heterocycles. The number of nitrogens with one attached hydrogen (secondary N) is 1. The molecule has 4 nitrogen and oxygen atoms in total. The highest BCUT2D eigenvalue weighted by Gasteiger charge is 2.13. The van der Waals surface area contributed by atoms with Crippen molar-refractivity contribution in [2.45, 2.75) is 39.2 Å². The fourth-order valence-corrected chi connectivity index (χ4v) is 1.77. The number of benzene rings is 1. The van der Waals surface area contributed by atoms with E-state index in [0.717, 1.165) is 0 Å². The Bertz CT molecular complexity index is 474. The van der Waals surface area contributed by atoms with Crippen molar-refractivity contribution in [2.75, 3.05) is 0 Å². The highest BCUT2D eigenvalue weighted by molar-refractivity contribution is 5.95. The average molecular weight is 267 g/mol. The van der Waals surface area contributed by atoms with E-state index in [1.807, 2.05) is 0 Å². The second kappa shape index (κ2) is 6.87. The van der Waals surface area contributed by atoms with Crippen molar-refractivity contribution < 1.29 is 19.1 Å². The van der Waals surface area contributed by atoms with Gasteiger partial charge < -0.3 is 10.4 Å². The maximum absolute atomic E-state index is 13.1. The lowest BCUT2D eigenvalue weighted by Gasteiger charge is -2.14. The van der Waals surface area contributed by atoms with Crippen molar-refractivity contribution in [1.29, 1.82) is 0 Å². The first kappa shape index (κ1) is 15.1. The molecule has 0 bridgehead atoms. The van der Waals surface area contributed by atoms with Crippen LogP contribution in [0.1, 0.15) is 42.1 Å². The summed E-state index contributed by atoms with van der Waals surface area (Å²) in [6, 6.07) is 3.92. The minimum Gasteiger partial charge on any atom is -0.481 e. The van der Waals surface area contributed by atoms with Crippen LogP contribution in [0.25, 0.3) is 0 Å². The molecule has 0 heterocycles. The predicted octanol–water partition coefficient (Wildman–Crippen LogP) is 2.51. The molecule has 1 amide bonds. The van der Waals surface area contributed by atoms with Crippen LogP contribution >= 0.6 is 0 Å². The summed E-state index contributed by atoms with van der Waals surface area (Å²) >= 11 is 0. The predicted molar refractivity (Wildman–Crippen MR) is 69.6 cm³/mol. The van der Waals surface area contributed by atoms with E-state index in [1.165, 1.54) is 12.1 Å². The first-order valence-electron chi connectivity index (χ1n) is 6.19. The minimum absolute atomic E-state index is 0.0825. The van der Waals surface area contributed by atoms with Gasteiger partial charge in [-0.15, -0.1) is 0 Å². The van der Waals surface area contributed by atoms with Crippen molar-refractivity contribution in [1.82, 2.24) is 5.32 Å². The van der Waals surface area contributed by atoms with Gasteiger partial charge in [-0.05, 0) is 44.4 Å². The molecule has 0 saturated heterocycles. The Balaban J connectivity index is 2.54. The normalized spacial score (nSPS) is 11.9. The number of hydrogen-bond acceptors (Lipinski definition) is 2. The van der Waals surface area contributed by atoms with Crippen LogP contribution in [0.3, 0.4) is 0 Å². The van der Waals surface area contributed by atoms with Gasteiger partial charge in [0.05, 0.1) is 0 Å². The van der Waals surface area contributed by atoms with Crippen molar-refractivity contribution in [2.24, 2.45) is 0 Å². The number of carbonyl (C=O) groups is 2. The van der Waals surface area contributed by atoms with Gasteiger partial charge in [-0.3, -0.25) is 9.59 Å². The number of carbonyl (C=O) groups excluding carboxylic acids is 1. The van der Waals surface area contributed by atoms with Gasteiger partial charge in [-0.1, -0.05) is 6.07 Å². The first-order valence-corrected chi connectivity index (χ1v) is 6.19. The molecule has 19 heavy (non-hydrogen) atoms. The maximum Gasteiger partial charge on any atom is 0.303 e. The highest BCUT2D eigenvalue weighted by Crippen LogP contribution is 2.11. The van der Waals surface area contributed by atoms with Crippen LogP contribution in [-0.4, -0.2) is 23.0 Å². The van der Waals surface area contributed by atoms with E-state index < -0.39 is 11.8 Å². The van der Waals surface area contributed by atoms with E-state index in [1.54, 1.807) is 19.9 Å². The number of carboxylic acid groups (broad SMARTS) is 1. The molecule has 2 N–H and O–H groups in total. The Kier molecular flexibility index (Phi) is 5.48. The molecular formula is C14H18FNO3. The monoisotopic (exact) mass is 267 g/mol. The molecule has 0 aliphatic heterocycles. The molecule has 0 fully saturated rings. The molecule has 1 atom stereocenters. The summed E-state index contributed by atoms with van der Waals surface area (Å²) in [7, 11) is 0. The molecule has 1 unspecified atom stereocenters. The maximum atomic E-state index is 13.1. The molecule has 0 saturated carbocycles. The van der Waals surface area contributed by atoms with E-state index >= 15 is 0 Å². The number of hydrogen-bond donors (Lipinski definition) is 2. The van der Waals surface area contributed by atoms with E-state index in [4.69, 9.17) is 5.11 Å². The van der Waals surface area contributed by atoms with Crippen LogP contribution in [-0.2, 0) is 4.79 Å². The molecule has 1 aromatic carbocycles. The molecule has 5 heteroatoms. The molecular weight excluding hydrogens is 249 g/mol. The standard InChI is InChI=1S/C14H18FNO3/c1-9-6-7-11(15)8-12(9)14(19)16-10(2)4-3-5-13(17)18/h6-8,10H,3-5H2,1-2H3,(H,16,19)(H,17,18). The Morgan fingerprint density at radius 3 is 2.74 bits per heavy atom. The number of halogens is 1. The van der Waals surface area contributed by atoms with E-state index in [9.17, 15) is 14.0 Å². The largest absolute Gasteiger partial charge is 0.481 e. The van der Waals surface area contributed by atoms with Gasteiger partial charge in [0, 0.05) is 18.0 Å². The minimum atomic E-state index is -0.848. The van der Waals surface area contributed by atoms with Crippen LogP contribution in [0.4, 0.5) is 4.39 Å². The summed E-state index contributed by atoms with van der Waals surface area (Å²) in [5.74, 6) is -1.63. The van der Waals surface area contributed by atoms with Gasteiger partial charge in [0.1, 0.15) is 5.82 Å². The molecule has 0 radical (unpaired) electrons. The van der Waals surface area contributed by atoms with E-state index in [-0.39, 0.29) is 18.4 Å². The third-order valence-corrected chi connectivity index (χ3v) is 2.85. The zero-order chi connectivity index (χ0) is 14.4. The molecule has 0 spiro atoms.